The first-order chi connectivity index (χ1) is 7.14. The molecule has 1 heterocycles. The van der Waals surface area contributed by atoms with Crippen LogP contribution < -0.4 is 5.32 Å². The van der Waals surface area contributed by atoms with Crippen LogP contribution in [0.3, 0.4) is 0 Å². The summed E-state index contributed by atoms with van der Waals surface area (Å²) in [4.78, 5) is 0. The first-order valence-corrected chi connectivity index (χ1v) is 6.99. The third-order valence-electron chi connectivity index (χ3n) is 2.91. The minimum absolute atomic E-state index is 0.148. The molecule has 0 amide bonds. The zero-order chi connectivity index (χ0) is 11.1. The Kier molecular flexibility index (Phi) is 5.49. The maximum absolute atomic E-state index is 8.85. The molecule has 0 aromatic heterocycles. The monoisotopic (exact) mass is 226 g/mol. The molecule has 1 N–H and O–H groups in total. The summed E-state index contributed by atoms with van der Waals surface area (Å²) in [6.07, 6.45) is 3.48. The van der Waals surface area contributed by atoms with Gasteiger partial charge in [-0.05, 0) is 63.6 Å². The molecule has 1 aliphatic heterocycles. The van der Waals surface area contributed by atoms with Crippen LogP contribution in [0, 0.1) is 22.7 Å². The van der Waals surface area contributed by atoms with Crippen molar-refractivity contribution in [2.45, 2.75) is 33.1 Å². The first kappa shape index (κ1) is 12.9. The summed E-state index contributed by atoms with van der Waals surface area (Å²) in [5.74, 6) is 3.56. The number of nitriles is 1. The molecule has 15 heavy (non-hydrogen) atoms. The summed E-state index contributed by atoms with van der Waals surface area (Å²) in [5.41, 5.74) is -0.148. The molecule has 1 saturated heterocycles. The van der Waals surface area contributed by atoms with Crippen LogP contribution in [0.25, 0.3) is 0 Å². The fourth-order valence-corrected chi connectivity index (χ4v) is 3.05. The lowest BCUT2D eigenvalue weighted by atomic mass is 9.90. The summed E-state index contributed by atoms with van der Waals surface area (Å²) >= 11 is 2.07. The number of rotatable bonds is 6. The average Bonchev–Trinajstić information content (AvgIpc) is 2.70. The van der Waals surface area contributed by atoms with Gasteiger partial charge in [0.1, 0.15) is 0 Å². The van der Waals surface area contributed by atoms with Crippen molar-refractivity contribution in [1.82, 2.24) is 5.32 Å². The smallest absolute Gasteiger partial charge is 0.0683 e. The lowest BCUT2D eigenvalue weighted by molar-refractivity contribution is 0.418. The van der Waals surface area contributed by atoms with Crippen molar-refractivity contribution in [3.63, 3.8) is 0 Å². The Balaban J connectivity index is 1.95. The molecular weight excluding hydrogens is 204 g/mol. The molecule has 1 atom stereocenters. The van der Waals surface area contributed by atoms with Crippen molar-refractivity contribution in [2.75, 3.05) is 24.6 Å². The molecule has 2 nitrogen and oxygen atoms in total. The molecule has 0 spiro atoms. The van der Waals surface area contributed by atoms with E-state index in [4.69, 9.17) is 5.26 Å². The van der Waals surface area contributed by atoms with Gasteiger partial charge in [0.25, 0.3) is 0 Å². The van der Waals surface area contributed by atoms with Crippen LogP contribution in [0.15, 0.2) is 0 Å². The molecular formula is C12H22N2S. The normalized spacial score (nSPS) is 21.5. The lowest BCUT2D eigenvalue weighted by Crippen LogP contribution is -2.24. The van der Waals surface area contributed by atoms with Crippen LogP contribution in [0.1, 0.15) is 33.1 Å². The summed E-state index contributed by atoms with van der Waals surface area (Å²) in [7, 11) is 0. The van der Waals surface area contributed by atoms with E-state index in [-0.39, 0.29) is 5.41 Å². The predicted molar refractivity (Wildman–Crippen MR) is 66.9 cm³/mol. The van der Waals surface area contributed by atoms with E-state index in [2.05, 4.69) is 23.1 Å². The van der Waals surface area contributed by atoms with E-state index in [1.165, 1.54) is 24.5 Å². The molecule has 0 aromatic rings. The van der Waals surface area contributed by atoms with Crippen LogP contribution in [0.2, 0.25) is 0 Å². The van der Waals surface area contributed by atoms with Gasteiger partial charge in [0.2, 0.25) is 0 Å². The maximum atomic E-state index is 8.85. The molecule has 0 aliphatic carbocycles. The van der Waals surface area contributed by atoms with Gasteiger partial charge in [0, 0.05) is 0 Å². The number of thioether (sulfide) groups is 1. The van der Waals surface area contributed by atoms with E-state index in [0.717, 1.165) is 25.3 Å². The largest absolute Gasteiger partial charge is 0.316 e. The van der Waals surface area contributed by atoms with E-state index < -0.39 is 0 Å². The standard InChI is InChI=1S/C12H22N2S/c1-12(2,10-13)5-3-6-14-8-11-4-7-15-9-11/h11,14H,3-9H2,1-2H3. The first-order valence-electron chi connectivity index (χ1n) is 5.84. The van der Waals surface area contributed by atoms with Gasteiger partial charge in [-0.3, -0.25) is 0 Å². The number of hydrogen-bond acceptors (Lipinski definition) is 3. The second-order valence-electron chi connectivity index (χ2n) is 5.03. The van der Waals surface area contributed by atoms with Gasteiger partial charge in [-0.15, -0.1) is 0 Å². The van der Waals surface area contributed by atoms with Crippen LogP contribution in [0.4, 0.5) is 0 Å². The molecule has 0 bridgehead atoms. The van der Waals surface area contributed by atoms with E-state index in [1.807, 2.05) is 13.8 Å². The minimum Gasteiger partial charge on any atom is -0.316 e. The third kappa shape index (κ3) is 5.44. The van der Waals surface area contributed by atoms with Crippen LogP contribution >= 0.6 is 11.8 Å². The van der Waals surface area contributed by atoms with Gasteiger partial charge < -0.3 is 5.32 Å². The molecule has 0 radical (unpaired) electrons. The Morgan fingerprint density at radius 1 is 1.53 bits per heavy atom. The summed E-state index contributed by atoms with van der Waals surface area (Å²) in [6.45, 7) is 6.26. The van der Waals surface area contributed by atoms with Crippen LogP contribution in [-0.4, -0.2) is 24.6 Å². The Hall–Kier alpha value is -0.200. The van der Waals surface area contributed by atoms with E-state index in [1.54, 1.807) is 0 Å². The minimum atomic E-state index is -0.148. The van der Waals surface area contributed by atoms with Crippen molar-refractivity contribution < 1.29 is 0 Å². The Morgan fingerprint density at radius 2 is 2.33 bits per heavy atom. The molecule has 1 aliphatic rings. The molecule has 1 fully saturated rings. The third-order valence-corrected chi connectivity index (χ3v) is 4.15. The number of nitrogens with one attached hydrogen (secondary N) is 1. The van der Waals surface area contributed by atoms with E-state index in [9.17, 15) is 0 Å². The molecule has 0 aromatic carbocycles. The molecule has 1 rings (SSSR count). The van der Waals surface area contributed by atoms with Crippen molar-refractivity contribution in [3.8, 4) is 6.07 Å². The van der Waals surface area contributed by atoms with Crippen molar-refractivity contribution in [2.24, 2.45) is 11.3 Å². The SMILES string of the molecule is CC(C)(C#N)CCCNCC1CCSC1. The van der Waals surface area contributed by atoms with E-state index >= 15 is 0 Å². The van der Waals surface area contributed by atoms with Crippen LogP contribution in [-0.2, 0) is 0 Å². The van der Waals surface area contributed by atoms with Crippen molar-refractivity contribution >= 4 is 11.8 Å². The summed E-state index contributed by atoms with van der Waals surface area (Å²) in [5, 5.41) is 12.4. The van der Waals surface area contributed by atoms with Crippen molar-refractivity contribution in [3.05, 3.63) is 0 Å². The Labute approximate surface area is 97.8 Å². The predicted octanol–water partition coefficient (Wildman–Crippen LogP) is 2.66. The second-order valence-corrected chi connectivity index (χ2v) is 6.18. The fraction of sp³-hybridized carbons (Fsp3) is 0.917. The molecule has 3 heteroatoms. The van der Waals surface area contributed by atoms with Gasteiger partial charge in [-0.2, -0.15) is 17.0 Å². The van der Waals surface area contributed by atoms with Gasteiger partial charge in [-0.1, -0.05) is 0 Å². The molecule has 1 unspecified atom stereocenters. The van der Waals surface area contributed by atoms with Gasteiger partial charge >= 0.3 is 0 Å². The highest BCUT2D eigenvalue weighted by molar-refractivity contribution is 7.99. The average molecular weight is 226 g/mol. The number of nitrogens with zero attached hydrogens (tertiary/aromatic N) is 1. The van der Waals surface area contributed by atoms with Crippen LogP contribution in [0.5, 0.6) is 0 Å². The summed E-state index contributed by atoms with van der Waals surface area (Å²) < 4.78 is 0. The Bertz CT molecular complexity index is 214. The van der Waals surface area contributed by atoms with Crippen molar-refractivity contribution in [1.29, 1.82) is 5.26 Å². The van der Waals surface area contributed by atoms with Gasteiger partial charge in [-0.25, -0.2) is 0 Å². The highest BCUT2D eigenvalue weighted by Crippen LogP contribution is 2.23. The highest BCUT2D eigenvalue weighted by atomic mass is 32.2. The fourth-order valence-electron chi connectivity index (χ4n) is 1.76. The Morgan fingerprint density at radius 3 is 2.93 bits per heavy atom. The van der Waals surface area contributed by atoms with E-state index in [0.29, 0.717) is 0 Å². The van der Waals surface area contributed by atoms with Gasteiger partial charge in [0.15, 0.2) is 0 Å². The second kappa shape index (κ2) is 6.40. The quantitative estimate of drug-likeness (QED) is 0.707. The topological polar surface area (TPSA) is 35.8 Å². The van der Waals surface area contributed by atoms with Gasteiger partial charge in [0.05, 0.1) is 11.5 Å². The number of hydrogen-bond donors (Lipinski definition) is 1. The zero-order valence-corrected chi connectivity index (χ0v) is 10.7. The molecule has 86 valence electrons. The molecule has 0 saturated carbocycles. The highest BCUT2D eigenvalue weighted by Gasteiger charge is 2.16. The lowest BCUT2D eigenvalue weighted by Gasteiger charge is -2.15. The zero-order valence-electron chi connectivity index (χ0n) is 9.88. The summed E-state index contributed by atoms with van der Waals surface area (Å²) in [6, 6.07) is 2.34. The maximum Gasteiger partial charge on any atom is 0.0683 e.